The third-order valence-corrected chi connectivity index (χ3v) is 8.11. The number of nitrogens with zero attached hydrogens (tertiary/aromatic N) is 3. The fraction of sp³-hybridized carbons (Fsp3) is 0.567. The number of aliphatic hydroxyl groups is 1. The van der Waals surface area contributed by atoms with Crippen molar-refractivity contribution in [2.75, 3.05) is 46.3 Å². The third kappa shape index (κ3) is 6.25. The second-order valence-corrected chi connectivity index (χ2v) is 10.1. The molecule has 1 heterocycles. The van der Waals surface area contributed by atoms with Gasteiger partial charge in [0.1, 0.15) is 5.76 Å². The van der Waals surface area contributed by atoms with Crippen molar-refractivity contribution in [3.8, 4) is 0 Å². The second kappa shape index (κ2) is 12.5. The lowest BCUT2D eigenvalue weighted by molar-refractivity contribution is -0.535. The van der Waals surface area contributed by atoms with Crippen LogP contribution in [0.5, 0.6) is 0 Å². The summed E-state index contributed by atoms with van der Waals surface area (Å²) in [4.78, 5) is 5.22. The third-order valence-electron chi connectivity index (χ3n) is 8.11. The van der Waals surface area contributed by atoms with Crippen molar-refractivity contribution in [3.05, 3.63) is 70.7 Å². The maximum Gasteiger partial charge on any atom is 0.160 e. The number of nitrogens with one attached hydrogen (secondary N) is 1. The fourth-order valence-electron chi connectivity index (χ4n) is 6.08. The maximum atomic E-state index is 10.2. The molecule has 4 aliphatic rings. The number of rotatable bonds is 7. The van der Waals surface area contributed by atoms with E-state index in [1.54, 1.807) is 0 Å². The highest BCUT2D eigenvalue weighted by Gasteiger charge is 2.29. The summed E-state index contributed by atoms with van der Waals surface area (Å²) in [5.41, 5.74) is 5.59. The summed E-state index contributed by atoms with van der Waals surface area (Å²) in [5.74, 6) is 0.557. The normalized spacial score (nSPS) is 26.8. The summed E-state index contributed by atoms with van der Waals surface area (Å²) < 4.78 is 2.53. The first-order valence-corrected chi connectivity index (χ1v) is 13.7. The zero-order valence-electron chi connectivity index (χ0n) is 22.0. The molecule has 3 aliphatic carbocycles. The Hall–Kier alpha value is -2.37. The molecule has 35 heavy (non-hydrogen) atoms. The minimum absolute atomic E-state index is 0.284. The van der Waals surface area contributed by atoms with E-state index in [0.29, 0.717) is 11.8 Å². The molecule has 0 aromatic heterocycles. The molecule has 2 unspecified atom stereocenters. The molecule has 0 aromatic rings. The van der Waals surface area contributed by atoms with Crippen molar-refractivity contribution >= 4 is 6.21 Å². The largest absolute Gasteiger partial charge is 0.508 e. The predicted octanol–water partition coefficient (Wildman–Crippen LogP) is 4.73. The zero-order valence-corrected chi connectivity index (χ0v) is 22.0. The van der Waals surface area contributed by atoms with Gasteiger partial charge in [-0.15, -0.1) is 0 Å². The molecule has 2 atom stereocenters. The van der Waals surface area contributed by atoms with Crippen LogP contribution in [0.15, 0.2) is 70.7 Å². The van der Waals surface area contributed by atoms with Gasteiger partial charge in [-0.1, -0.05) is 42.9 Å². The molecule has 1 saturated heterocycles. The topological polar surface area (TPSA) is 41.8 Å². The van der Waals surface area contributed by atoms with Gasteiger partial charge in [0.05, 0.1) is 19.6 Å². The van der Waals surface area contributed by atoms with Crippen LogP contribution in [0, 0.1) is 0 Å². The first kappa shape index (κ1) is 25.7. The molecule has 4 rings (SSSR count). The summed E-state index contributed by atoms with van der Waals surface area (Å²) in [6.45, 7) is 10.8. The monoisotopic (exact) mass is 477 g/mol. The maximum absolute atomic E-state index is 10.2. The van der Waals surface area contributed by atoms with Crippen LogP contribution in [-0.4, -0.2) is 84.1 Å². The number of piperazine rings is 1. The molecule has 2 N–H and O–H groups in total. The highest BCUT2D eigenvalue weighted by atomic mass is 16.3. The molecule has 1 fully saturated rings. The van der Waals surface area contributed by atoms with Crippen LogP contribution in [-0.2, 0) is 0 Å². The molecule has 1 aliphatic heterocycles. The molecule has 5 heteroatoms. The van der Waals surface area contributed by atoms with Crippen LogP contribution in [0.4, 0.5) is 0 Å². The average molecular weight is 478 g/mol. The van der Waals surface area contributed by atoms with Gasteiger partial charge in [0.15, 0.2) is 19.3 Å². The summed E-state index contributed by atoms with van der Waals surface area (Å²) in [6.07, 6.45) is 24.2. The lowest BCUT2D eigenvalue weighted by atomic mass is 9.82. The Balaban J connectivity index is 1.38. The van der Waals surface area contributed by atoms with Gasteiger partial charge in [-0.05, 0) is 82.3 Å². The van der Waals surface area contributed by atoms with Crippen LogP contribution >= 0.6 is 0 Å². The van der Waals surface area contributed by atoms with Gasteiger partial charge in [0.25, 0.3) is 0 Å². The van der Waals surface area contributed by atoms with Crippen LogP contribution in [0.1, 0.15) is 52.4 Å². The van der Waals surface area contributed by atoms with E-state index in [1.165, 1.54) is 22.4 Å². The van der Waals surface area contributed by atoms with Gasteiger partial charge >= 0.3 is 0 Å². The Bertz CT molecular complexity index is 955. The second-order valence-electron chi connectivity index (χ2n) is 10.1. The van der Waals surface area contributed by atoms with Crippen LogP contribution < -0.4 is 5.32 Å². The highest BCUT2D eigenvalue weighted by Crippen LogP contribution is 2.36. The molecule has 0 amide bonds. The van der Waals surface area contributed by atoms with E-state index in [0.717, 1.165) is 77.8 Å². The van der Waals surface area contributed by atoms with Gasteiger partial charge in [-0.3, -0.25) is 4.90 Å². The number of aliphatic hydroxyl groups excluding tert-OH is 1. The van der Waals surface area contributed by atoms with Gasteiger partial charge in [-0.2, -0.15) is 0 Å². The van der Waals surface area contributed by atoms with Gasteiger partial charge in [-0.25, -0.2) is 4.58 Å². The van der Waals surface area contributed by atoms with Crippen molar-refractivity contribution in [1.29, 1.82) is 0 Å². The Morgan fingerprint density at radius 3 is 2.83 bits per heavy atom. The summed E-state index contributed by atoms with van der Waals surface area (Å²) in [6, 6.07) is 0.884. The van der Waals surface area contributed by atoms with E-state index in [1.807, 2.05) is 6.08 Å². The van der Waals surface area contributed by atoms with Crippen molar-refractivity contribution in [2.45, 2.75) is 64.5 Å². The molecule has 0 aromatic carbocycles. The van der Waals surface area contributed by atoms with E-state index in [9.17, 15) is 5.11 Å². The standard InChI is InChI=1S/C30H44N4O/c1-4-10-29(27-12-7-6-8-13-28(27)31-3)34-21-18-32(19-22-34)17-20-33(5-2)25-15-16-26-24(23-25)11-9-14-30(26)35/h4,6-8,10,13-14,17,25,28,31H,5,9,11-12,15-16,18-23H2,1-3H3/p+1. The molecule has 190 valence electrons. The number of likely N-dealkylation sites (N-methyl/N-ethyl adjacent to an activating group) is 1. The first-order valence-electron chi connectivity index (χ1n) is 13.7. The van der Waals surface area contributed by atoms with E-state index >= 15 is 0 Å². The van der Waals surface area contributed by atoms with Crippen molar-refractivity contribution in [2.24, 2.45) is 0 Å². The molecule has 5 nitrogen and oxygen atoms in total. The van der Waals surface area contributed by atoms with E-state index in [2.05, 4.69) is 83.3 Å². The van der Waals surface area contributed by atoms with Gasteiger partial charge in [0.2, 0.25) is 0 Å². The van der Waals surface area contributed by atoms with Crippen LogP contribution in [0.2, 0.25) is 0 Å². The number of allylic oxidation sites excluding steroid dienone is 7. The number of hydrogen-bond acceptors (Lipinski definition) is 4. The van der Waals surface area contributed by atoms with Gasteiger partial charge < -0.3 is 15.3 Å². The van der Waals surface area contributed by atoms with Crippen molar-refractivity contribution in [3.63, 3.8) is 0 Å². The van der Waals surface area contributed by atoms with E-state index in [4.69, 9.17) is 0 Å². The number of hydrogen-bond donors (Lipinski definition) is 2. The van der Waals surface area contributed by atoms with Crippen LogP contribution in [0.25, 0.3) is 0 Å². The summed E-state index contributed by atoms with van der Waals surface area (Å²) in [7, 11) is 2.05. The SMILES string of the molecule is CC=CC(=C1CC=CC=CC1NC)N1CC[N+](=CCN(CC)C2CCC3=C(CCC=C3O)C2)CC1. The minimum Gasteiger partial charge on any atom is -0.508 e. The minimum atomic E-state index is 0.284. The molecule has 0 radical (unpaired) electrons. The van der Waals surface area contributed by atoms with E-state index < -0.39 is 0 Å². The van der Waals surface area contributed by atoms with E-state index in [-0.39, 0.29) is 6.04 Å². The lowest BCUT2D eigenvalue weighted by Crippen LogP contribution is -2.45. The summed E-state index contributed by atoms with van der Waals surface area (Å²) >= 11 is 0. The molecular formula is C30H45N4O+. The van der Waals surface area contributed by atoms with Crippen molar-refractivity contribution in [1.82, 2.24) is 15.1 Å². The highest BCUT2D eigenvalue weighted by molar-refractivity contribution is 5.54. The molecule has 0 bridgehead atoms. The Morgan fingerprint density at radius 2 is 2.09 bits per heavy atom. The Morgan fingerprint density at radius 1 is 1.26 bits per heavy atom. The Labute approximate surface area is 212 Å². The molecule has 0 spiro atoms. The summed E-state index contributed by atoms with van der Waals surface area (Å²) in [5, 5.41) is 13.7. The fourth-order valence-corrected chi connectivity index (χ4v) is 6.08. The molecular weight excluding hydrogens is 432 g/mol. The quantitative estimate of drug-likeness (QED) is 0.521. The van der Waals surface area contributed by atoms with Crippen LogP contribution in [0.3, 0.4) is 0 Å². The average Bonchev–Trinajstić information content (AvgIpc) is 3.13. The predicted molar refractivity (Wildman–Crippen MR) is 147 cm³/mol. The zero-order chi connectivity index (χ0) is 24.6. The lowest BCUT2D eigenvalue weighted by Gasteiger charge is -2.36. The smallest absolute Gasteiger partial charge is 0.160 e. The molecule has 0 saturated carbocycles. The van der Waals surface area contributed by atoms with Gasteiger partial charge in [0, 0.05) is 17.8 Å². The first-order chi connectivity index (χ1) is 17.1. The Kier molecular flexibility index (Phi) is 9.22. The van der Waals surface area contributed by atoms with Crippen molar-refractivity contribution < 1.29 is 9.68 Å².